The maximum absolute atomic E-state index is 12.7. The number of benzene rings is 2. The van der Waals surface area contributed by atoms with Crippen molar-refractivity contribution in [3.63, 3.8) is 0 Å². The van der Waals surface area contributed by atoms with Crippen LogP contribution in [0.3, 0.4) is 0 Å². The minimum absolute atomic E-state index is 0.0621. The number of halogens is 2. The molecule has 2 N–H and O–H groups in total. The Morgan fingerprint density at radius 2 is 1.79 bits per heavy atom. The zero-order chi connectivity index (χ0) is 21.0. The summed E-state index contributed by atoms with van der Waals surface area (Å²) < 4.78 is 32.9. The number of pyridine rings is 1. The summed E-state index contributed by atoms with van der Waals surface area (Å²) in [6.07, 6.45) is 0. The molecule has 0 atom stereocenters. The number of para-hydroxylation sites is 1. The van der Waals surface area contributed by atoms with E-state index in [1.807, 2.05) is 0 Å². The normalized spacial score (nSPS) is 11.0. The summed E-state index contributed by atoms with van der Waals surface area (Å²) in [7, 11) is -2.59. The Bertz CT molecular complexity index is 1170. The first-order valence-electron chi connectivity index (χ1n) is 8.19. The number of sulfonamides is 1. The van der Waals surface area contributed by atoms with E-state index in [1.54, 1.807) is 36.4 Å². The lowest BCUT2D eigenvalue weighted by molar-refractivity contribution is 0.102. The number of carbonyl (C=O) groups is 1. The predicted molar refractivity (Wildman–Crippen MR) is 112 cm³/mol. The van der Waals surface area contributed by atoms with Gasteiger partial charge >= 0.3 is 0 Å². The molecule has 1 heterocycles. The Morgan fingerprint density at radius 1 is 1.03 bits per heavy atom. The molecule has 10 heteroatoms. The first kappa shape index (κ1) is 20.9. The molecule has 2 aromatic carbocycles. The van der Waals surface area contributed by atoms with E-state index in [9.17, 15) is 13.2 Å². The van der Waals surface area contributed by atoms with Gasteiger partial charge in [0.1, 0.15) is 15.8 Å². The summed E-state index contributed by atoms with van der Waals surface area (Å²) in [6.45, 7) is 0. The highest BCUT2D eigenvalue weighted by molar-refractivity contribution is 7.92. The number of carbonyl (C=O) groups excluding carboxylic acids is 1. The summed E-state index contributed by atoms with van der Waals surface area (Å²) in [4.78, 5) is 16.2. The van der Waals surface area contributed by atoms with Crippen LogP contribution in [0.25, 0.3) is 0 Å². The van der Waals surface area contributed by atoms with Gasteiger partial charge in [0, 0.05) is 11.8 Å². The SMILES string of the molecule is COc1cccc(NC(=O)c2ccccc2NS(=O)(=O)c2ccc(Cl)nc2Cl)c1. The van der Waals surface area contributed by atoms with Gasteiger partial charge in [0.25, 0.3) is 15.9 Å². The first-order valence-corrected chi connectivity index (χ1v) is 10.4. The number of amides is 1. The molecule has 0 spiro atoms. The van der Waals surface area contributed by atoms with Crippen molar-refractivity contribution in [1.82, 2.24) is 4.98 Å². The van der Waals surface area contributed by atoms with Crippen molar-refractivity contribution in [1.29, 1.82) is 0 Å². The van der Waals surface area contributed by atoms with Crippen LogP contribution in [0.5, 0.6) is 5.75 Å². The highest BCUT2D eigenvalue weighted by atomic mass is 35.5. The van der Waals surface area contributed by atoms with E-state index >= 15 is 0 Å². The van der Waals surface area contributed by atoms with E-state index in [1.165, 1.54) is 31.4 Å². The van der Waals surface area contributed by atoms with Crippen molar-refractivity contribution in [2.75, 3.05) is 17.1 Å². The third kappa shape index (κ3) is 4.97. The van der Waals surface area contributed by atoms with Crippen LogP contribution >= 0.6 is 23.2 Å². The largest absolute Gasteiger partial charge is 0.497 e. The number of rotatable bonds is 6. The van der Waals surface area contributed by atoms with Crippen LogP contribution < -0.4 is 14.8 Å². The van der Waals surface area contributed by atoms with Crippen LogP contribution in [0.4, 0.5) is 11.4 Å². The third-order valence-corrected chi connectivity index (χ3v) is 5.82. The second-order valence-electron chi connectivity index (χ2n) is 5.76. The van der Waals surface area contributed by atoms with Gasteiger partial charge in [-0.15, -0.1) is 0 Å². The zero-order valence-corrected chi connectivity index (χ0v) is 17.3. The Labute approximate surface area is 177 Å². The third-order valence-electron chi connectivity index (χ3n) is 3.81. The molecule has 7 nitrogen and oxygen atoms in total. The minimum Gasteiger partial charge on any atom is -0.497 e. The van der Waals surface area contributed by atoms with Crippen molar-refractivity contribution in [2.45, 2.75) is 4.90 Å². The van der Waals surface area contributed by atoms with E-state index in [0.717, 1.165) is 0 Å². The van der Waals surface area contributed by atoms with Crippen molar-refractivity contribution >= 4 is 50.5 Å². The zero-order valence-electron chi connectivity index (χ0n) is 15.0. The fourth-order valence-corrected chi connectivity index (χ4v) is 4.21. The molecule has 29 heavy (non-hydrogen) atoms. The van der Waals surface area contributed by atoms with E-state index in [-0.39, 0.29) is 26.5 Å². The summed E-state index contributed by atoms with van der Waals surface area (Å²) in [6, 6.07) is 15.5. The van der Waals surface area contributed by atoms with Crippen molar-refractivity contribution < 1.29 is 17.9 Å². The number of hydrogen-bond donors (Lipinski definition) is 2. The molecule has 0 aliphatic heterocycles. The van der Waals surface area contributed by atoms with E-state index in [0.29, 0.717) is 11.4 Å². The van der Waals surface area contributed by atoms with E-state index in [2.05, 4.69) is 15.0 Å². The number of aromatic nitrogens is 1. The molecular weight excluding hydrogens is 437 g/mol. The van der Waals surface area contributed by atoms with Crippen LogP contribution in [-0.4, -0.2) is 26.4 Å². The average Bonchev–Trinajstić information content (AvgIpc) is 2.67. The average molecular weight is 452 g/mol. The topological polar surface area (TPSA) is 97.4 Å². The van der Waals surface area contributed by atoms with Gasteiger partial charge in [0.2, 0.25) is 0 Å². The monoisotopic (exact) mass is 451 g/mol. The second kappa shape index (κ2) is 8.69. The Balaban J connectivity index is 1.89. The summed E-state index contributed by atoms with van der Waals surface area (Å²) in [5.74, 6) is 0.0681. The number of ether oxygens (including phenoxy) is 1. The van der Waals surface area contributed by atoms with E-state index in [4.69, 9.17) is 27.9 Å². The first-order chi connectivity index (χ1) is 13.8. The molecule has 0 saturated heterocycles. The molecule has 3 rings (SSSR count). The Kier molecular flexibility index (Phi) is 6.26. The van der Waals surface area contributed by atoms with Crippen molar-refractivity contribution in [2.24, 2.45) is 0 Å². The number of nitrogens with one attached hydrogen (secondary N) is 2. The molecule has 1 amide bonds. The lowest BCUT2D eigenvalue weighted by atomic mass is 10.1. The number of anilines is 2. The van der Waals surface area contributed by atoms with Gasteiger partial charge in [0.15, 0.2) is 5.15 Å². The molecular formula is C19H15Cl2N3O4S. The lowest BCUT2D eigenvalue weighted by Gasteiger charge is -2.13. The highest BCUT2D eigenvalue weighted by Gasteiger charge is 2.22. The highest BCUT2D eigenvalue weighted by Crippen LogP contribution is 2.26. The fourth-order valence-electron chi connectivity index (χ4n) is 2.47. The maximum atomic E-state index is 12.7. The van der Waals surface area contributed by atoms with Gasteiger partial charge in [-0.1, -0.05) is 41.4 Å². The molecule has 0 fully saturated rings. The van der Waals surface area contributed by atoms with Gasteiger partial charge in [0.05, 0.1) is 18.4 Å². The van der Waals surface area contributed by atoms with Gasteiger partial charge in [-0.3, -0.25) is 9.52 Å². The van der Waals surface area contributed by atoms with Crippen LogP contribution in [0.15, 0.2) is 65.6 Å². The molecule has 3 aromatic rings. The standard InChI is InChI=1S/C19H15Cl2N3O4S/c1-28-13-6-4-5-12(11-13)22-19(25)14-7-2-3-8-15(14)24-29(26,27)16-9-10-17(20)23-18(16)21/h2-11,24H,1H3,(H,22,25). The molecule has 1 aromatic heterocycles. The number of hydrogen-bond acceptors (Lipinski definition) is 5. The molecule has 0 unspecified atom stereocenters. The lowest BCUT2D eigenvalue weighted by Crippen LogP contribution is -2.19. The number of methoxy groups -OCH3 is 1. The minimum atomic E-state index is -4.10. The van der Waals surface area contributed by atoms with Gasteiger partial charge < -0.3 is 10.1 Å². The molecule has 150 valence electrons. The van der Waals surface area contributed by atoms with Gasteiger partial charge in [-0.2, -0.15) is 0 Å². The van der Waals surface area contributed by atoms with Gasteiger partial charge in [-0.05, 0) is 36.4 Å². The van der Waals surface area contributed by atoms with Crippen LogP contribution in [0.1, 0.15) is 10.4 Å². The predicted octanol–water partition coefficient (Wildman–Crippen LogP) is 4.45. The summed E-state index contributed by atoms with van der Waals surface area (Å²) in [5.41, 5.74) is 0.702. The van der Waals surface area contributed by atoms with Crippen LogP contribution in [0.2, 0.25) is 10.3 Å². The molecule has 0 aliphatic carbocycles. The molecule has 0 saturated carbocycles. The summed E-state index contributed by atoms with van der Waals surface area (Å²) in [5, 5.41) is 2.50. The Morgan fingerprint density at radius 3 is 2.52 bits per heavy atom. The molecule has 0 aliphatic rings. The quantitative estimate of drug-likeness (QED) is 0.539. The molecule has 0 bridgehead atoms. The fraction of sp³-hybridized carbons (Fsp3) is 0.0526. The maximum Gasteiger partial charge on any atom is 0.264 e. The smallest absolute Gasteiger partial charge is 0.264 e. The van der Waals surface area contributed by atoms with Crippen molar-refractivity contribution in [3.05, 3.63) is 76.5 Å². The Hall–Kier alpha value is -2.81. The molecule has 0 radical (unpaired) electrons. The van der Waals surface area contributed by atoms with E-state index < -0.39 is 15.9 Å². The second-order valence-corrected chi connectivity index (χ2v) is 8.16. The van der Waals surface area contributed by atoms with Crippen molar-refractivity contribution in [3.8, 4) is 5.75 Å². The summed E-state index contributed by atoms with van der Waals surface area (Å²) >= 11 is 11.6. The van der Waals surface area contributed by atoms with Gasteiger partial charge in [-0.25, -0.2) is 13.4 Å². The number of nitrogens with zero attached hydrogens (tertiary/aromatic N) is 1. The van der Waals surface area contributed by atoms with Crippen LogP contribution in [0, 0.1) is 0 Å². The van der Waals surface area contributed by atoms with Crippen LogP contribution in [-0.2, 0) is 10.0 Å².